The van der Waals surface area contributed by atoms with Gasteiger partial charge in [0.15, 0.2) is 5.58 Å². The van der Waals surface area contributed by atoms with Gasteiger partial charge in [-0.3, -0.25) is 4.79 Å². The van der Waals surface area contributed by atoms with E-state index in [1.165, 1.54) is 30.2 Å². The second-order valence-electron chi connectivity index (χ2n) is 6.28. The molecule has 7 heteroatoms. The van der Waals surface area contributed by atoms with Gasteiger partial charge >= 0.3 is 0 Å². The molecule has 0 saturated heterocycles. The van der Waals surface area contributed by atoms with Crippen molar-refractivity contribution in [3.05, 3.63) is 66.2 Å². The molecule has 0 unspecified atom stereocenters. The minimum atomic E-state index is -0.302. The Morgan fingerprint density at radius 2 is 2.04 bits per heavy atom. The van der Waals surface area contributed by atoms with Crippen LogP contribution in [0.15, 0.2) is 64.3 Å². The van der Waals surface area contributed by atoms with Gasteiger partial charge in [0.25, 0.3) is 0 Å². The maximum absolute atomic E-state index is 13.4. The molecular formula is C21H18FN3O2S. The molecule has 4 aromatic rings. The predicted octanol–water partition coefficient (Wildman–Crippen LogP) is 4.66. The molecule has 2 heterocycles. The lowest BCUT2D eigenvalue weighted by Gasteiger charge is -2.20. The highest BCUT2D eigenvalue weighted by Crippen LogP contribution is 2.32. The summed E-state index contributed by atoms with van der Waals surface area (Å²) < 4.78 is 19.3. The molecule has 28 heavy (non-hydrogen) atoms. The van der Waals surface area contributed by atoms with Crippen molar-refractivity contribution in [1.29, 1.82) is 0 Å². The summed E-state index contributed by atoms with van der Waals surface area (Å²) in [6.07, 6.45) is 1.49. The Balaban J connectivity index is 1.51. The average Bonchev–Trinajstić information content (AvgIpc) is 3.09. The van der Waals surface area contributed by atoms with Crippen molar-refractivity contribution in [2.45, 2.75) is 18.5 Å². The van der Waals surface area contributed by atoms with Gasteiger partial charge in [-0.1, -0.05) is 36.0 Å². The van der Waals surface area contributed by atoms with Crippen molar-refractivity contribution < 1.29 is 13.6 Å². The molecule has 4 rings (SSSR count). The number of amides is 1. The first-order chi connectivity index (χ1) is 13.7. The number of hydrogen-bond acceptors (Lipinski definition) is 5. The quantitative estimate of drug-likeness (QED) is 0.351. The van der Waals surface area contributed by atoms with E-state index in [1.807, 2.05) is 37.3 Å². The lowest BCUT2D eigenvalue weighted by molar-refractivity contribution is -0.128. The molecule has 0 aliphatic carbocycles. The maximum atomic E-state index is 13.4. The predicted molar refractivity (Wildman–Crippen MR) is 108 cm³/mol. The SMILES string of the molecule is CCN(Cc1cccc(F)c1)C(=O)CSc1ncnc2c1oc1ccccc12. The highest BCUT2D eigenvalue weighted by atomic mass is 32.2. The summed E-state index contributed by atoms with van der Waals surface area (Å²) in [6, 6.07) is 14.0. The Kier molecular flexibility index (Phi) is 5.25. The number of hydrogen-bond donors (Lipinski definition) is 0. The molecular weight excluding hydrogens is 377 g/mol. The summed E-state index contributed by atoms with van der Waals surface area (Å²) in [5.74, 6) is -0.130. The van der Waals surface area contributed by atoms with Crippen LogP contribution in [0.4, 0.5) is 4.39 Å². The molecule has 0 saturated carbocycles. The summed E-state index contributed by atoms with van der Waals surface area (Å²) in [5.41, 5.74) is 2.84. The first kappa shape index (κ1) is 18.4. The Hall–Kier alpha value is -2.93. The highest BCUT2D eigenvalue weighted by Gasteiger charge is 2.17. The van der Waals surface area contributed by atoms with E-state index < -0.39 is 0 Å². The largest absolute Gasteiger partial charge is 0.451 e. The van der Waals surface area contributed by atoms with Gasteiger partial charge in [0, 0.05) is 18.5 Å². The lowest BCUT2D eigenvalue weighted by Crippen LogP contribution is -2.31. The lowest BCUT2D eigenvalue weighted by atomic mass is 10.2. The van der Waals surface area contributed by atoms with Crippen LogP contribution in [0.3, 0.4) is 0 Å². The van der Waals surface area contributed by atoms with Crippen LogP contribution in [0.1, 0.15) is 12.5 Å². The van der Waals surface area contributed by atoms with Crippen molar-refractivity contribution in [2.24, 2.45) is 0 Å². The number of halogens is 1. The van der Waals surface area contributed by atoms with Crippen LogP contribution in [0, 0.1) is 5.82 Å². The molecule has 0 radical (unpaired) electrons. The second-order valence-corrected chi connectivity index (χ2v) is 7.25. The first-order valence-corrected chi connectivity index (χ1v) is 9.91. The number of furan rings is 1. The number of fused-ring (bicyclic) bond motifs is 3. The Morgan fingerprint density at radius 1 is 1.18 bits per heavy atom. The zero-order valence-electron chi connectivity index (χ0n) is 15.3. The van der Waals surface area contributed by atoms with Crippen LogP contribution in [-0.4, -0.2) is 33.1 Å². The Bertz CT molecular complexity index is 1140. The number of rotatable bonds is 6. The first-order valence-electron chi connectivity index (χ1n) is 8.93. The van der Waals surface area contributed by atoms with Gasteiger partial charge in [-0.05, 0) is 36.8 Å². The monoisotopic (exact) mass is 395 g/mol. The number of nitrogens with zero attached hydrogens (tertiary/aromatic N) is 3. The molecule has 5 nitrogen and oxygen atoms in total. The summed E-state index contributed by atoms with van der Waals surface area (Å²) in [5, 5.41) is 1.56. The minimum Gasteiger partial charge on any atom is -0.451 e. The smallest absolute Gasteiger partial charge is 0.233 e. The number of carbonyl (C=O) groups excluding carboxylic acids is 1. The van der Waals surface area contributed by atoms with E-state index >= 15 is 0 Å². The van der Waals surface area contributed by atoms with E-state index in [4.69, 9.17) is 4.42 Å². The van der Waals surface area contributed by atoms with Crippen LogP contribution in [0.25, 0.3) is 22.1 Å². The van der Waals surface area contributed by atoms with Crippen molar-refractivity contribution in [1.82, 2.24) is 14.9 Å². The number of thioether (sulfide) groups is 1. The summed E-state index contributed by atoms with van der Waals surface area (Å²) in [6.45, 7) is 2.82. The zero-order valence-corrected chi connectivity index (χ0v) is 16.1. The van der Waals surface area contributed by atoms with Crippen LogP contribution in [0.2, 0.25) is 0 Å². The minimum absolute atomic E-state index is 0.0420. The second kappa shape index (κ2) is 7.98. The van der Waals surface area contributed by atoms with Gasteiger partial charge in [0.2, 0.25) is 5.91 Å². The third-order valence-corrected chi connectivity index (χ3v) is 5.41. The molecule has 2 aromatic heterocycles. The van der Waals surface area contributed by atoms with E-state index in [-0.39, 0.29) is 17.5 Å². The summed E-state index contributed by atoms with van der Waals surface area (Å²) in [7, 11) is 0. The fourth-order valence-electron chi connectivity index (χ4n) is 3.06. The van der Waals surface area contributed by atoms with Gasteiger partial charge in [0.1, 0.15) is 28.3 Å². The van der Waals surface area contributed by atoms with Crippen molar-refractivity contribution in [3.63, 3.8) is 0 Å². The van der Waals surface area contributed by atoms with E-state index in [9.17, 15) is 9.18 Å². The number of benzene rings is 2. The molecule has 0 fully saturated rings. The maximum Gasteiger partial charge on any atom is 0.233 e. The molecule has 1 amide bonds. The van der Waals surface area contributed by atoms with E-state index in [0.717, 1.165) is 22.0 Å². The van der Waals surface area contributed by atoms with E-state index in [1.54, 1.807) is 11.0 Å². The summed E-state index contributed by atoms with van der Waals surface area (Å²) >= 11 is 1.32. The third-order valence-electron chi connectivity index (χ3n) is 4.45. The van der Waals surface area contributed by atoms with Gasteiger partial charge in [0.05, 0.1) is 5.75 Å². The highest BCUT2D eigenvalue weighted by molar-refractivity contribution is 8.00. The molecule has 0 aliphatic heterocycles. The molecule has 0 atom stereocenters. The van der Waals surface area contributed by atoms with E-state index in [0.29, 0.717) is 23.7 Å². The number of para-hydroxylation sites is 1. The van der Waals surface area contributed by atoms with Gasteiger partial charge < -0.3 is 9.32 Å². The third kappa shape index (κ3) is 3.71. The van der Waals surface area contributed by atoms with Crippen LogP contribution in [0.5, 0.6) is 0 Å². The molecule has 0 bridgehead atoms. The van der Waals surface area contributed by atoms with Crippen molar-refractivity contribution >= 4 is 39.7 Å². The molecule has 142 valence electrons. The van der Waals surface area contributed by atoms with E-state index in [2.05, 4.69) is 9.97 Å². The van der Waals surface area contributed by atoms with Crippen LogP contribution >= 0.6 is 11.8 Å². The molecule has 0 N–H and O–H groups in total. The standard InChI is InChI=1S/C21H18FN3O2S/c1-2-25(11-14-6-5-7-15(22)10-14)18(26)12-28-21-20-19(23-13-24-21)16-8-3-4-9-17(16)27-20/h3-10,13H,2,11-12H2,1H3. The normalized spacial score (nSPS) is 11.2. The fourth-order valence-corrected chi connectivity index (χ4v) is 3.89. The van der Waals surface area contributed by atoms with Crippen molar-refractivity contribution in [3.8, 4) is 0 Å². The Morgan fingerprint density at radius 3 is 2.86 bits per heavy atom. The zero-order chi connectivity index (χ0) is 19.5. The molecule has 0 spiro atoms. The molecule has 2 aromatic carbocycles. The summed E-state index contributed by atoms with van der Waals surface area (Å²) in [4.78, 5) is 23.0. The topological polar surface area (TPSA) is 59.2 Å². The van der Waals surface area contributed by atoms with Crippen molar-refractivity contribution in [2.75, 3.05) is 12.3 Å². The fraction of sp³-hybridized carbons (Fsp3) is 0.190. The number of carbonyl (C=O) groups is 1. The molecule has 0 aliphatic rings. The average molecular weight is 395 g/mol. The van der Waals surface area contributed by atoms with Gasteiger partial charge in [-0.25, -0.2) is 14.4 Å². The van der Waals surface area contributed by atoms with Crippen LogP contribution < -0.4 is 0 Å². The van der Waals surface area contributed by atoms with Crippen LogP contribution in [-0.2, 0) is 11.3 Å². The Labute approximate surface area is 165 Å². The van der Waals surface area contributed by atoms with Gasteiger partial charge in [-0.2, -0.15) is 0 Å². The number of aromatic nitrogens is 2. The van der Waals surface area contributed by atoms with Gasteiger partial charge in [-0.15, -0.1) is 0 Å².